The molecule has 2 aromatic carbocycles. The molecule has 0 atom stereocenters. The van der Waals surface area contributed by atoms with E-state index in [2.05, 4.69) is 31.4 Å². The number of carbonyl (C=O) groups is 2. The van der Waals surface area contributed by atoms with Crippen LogP contribution >= 0.6 is 11.6 Å². The fourth-order valence-electron chi connectivity index (χ4n) is 3.47. The van der Waals surface area contributed by atoms with Crippen molar-refractivity contribution in [2.45, 2.75) is 53.4 Å². The quantitative estimate of drug-likeness (QED) is 0.402. The number of halogens is 1. The van der Waals surface area contributed by atoms with Crippen LogP contribution in [0.5, 0.6) is 0 Å². The number of anilines is 2. The third-order valence-corrected chi connectivity index (χ3v) is 5.97. The predicted molar refractivity (Wildman–Crippen MR) is 143 cm³/mol. The van der Waals surface area contributed by atoms with Crippen LogP contribution in [-0.2, 0) is 10.2 Å². The third kappa shape index (κ3) is 6.85. The van der Waals surface area contributed by atoms with Crippen LogP contribution in [0.1, 0.15) is 50.9 Å². The van der Waals surface area contributed by atoms with Crippen molar-refractivity contribution in [1.29, 1.82) is 0 Å². The van der Waals surface area contributed by atoms with Gasteiger partial charge in [0, 0.05) is 28.7 Å². The molecule has 1 heterocycles. The summed E-state index contributed by atoms with van der Waals surface area (Å²) in [4.78, 5) is 27.5. The maximum Gasteiger partial charge on any atom is 0.322 e. The van der Waals surface area contributed by atoms with Crippen molar-refractivity contribution in [2.75, 3.05) is 23.7 Å². The Bertz CT molecular complexity index is 1200. The number of hydrogen-bond donors (Lipinski definition) is 2. The Labute approximate surface area is 212 Å². The third-order valence-electron chi connectivity index (χ3n) is 5.56. The number of aryl methyl sites for hydroxylation is 2. The van der Waals surface area contributed by atoms with Gasteiger partial charge in [-0.25, -0.2) is 9.48 Å². The Kier molecular flexibility index (Phi) is 8.22. The molecule has 3 amide bonds. The van der Waals surface area contributed by atoms with Gasteiger partial charge in [0.2, 0.25) is 5.91 Å². The van der Waals surface area contributed by atoms with Crippen molar-refractivity contribution in [3.63, 3.8) is 0 Å². The fraction of sp³-hybridized carbons (Fsp3) is 0.370. The van der Waals surface area contributed by atoms with Crippen LogP contribution in [0.15, 0.2) is 48.5 Å². The van der Waals surface area contributed by atoms with E-state index in [1.807, 2.05) is 57.2 Å². The molecule has 186 valence electrons. The van der Waals surface area contributed by atoms with E-state index in [1.165, 1.54) is 4.90 Å². The molecule has 7 nitrogen and oxygen atoms in total. The molecule has 0 saturated carbocycles. The van der Waals surface area contributed by atoms with Gasteiger partial charge in [-0.3, -0.25) is 4.79 Å². The highest BCUT2D eigenvalue weighted by Gasteiger charge is 2.23. The zero-order valence-corrected chi connectivity index (χ0v) is 22.0. The lowest BCUT2D eigenvalue weighted by Crippen LogP contribution is -2.41. The van der Waals surface area contributed by atoms with Crippen molar-refractivity contribution in [1.82, 2.24) is 14.7 Å². The van der Waals surface area contributed by atoms with Crippen LogP contribution in [0.25, 0.3) is 5.69 Å². The van der Waals surface area contributed by atoms with Crippen molar-refractivity contribution in [3.05, 3.63) is 70.4 Å². The zero-order chi connectivity index (χ0) is 25.8. The summed E-state index contributed by atoms with van der Waals surface area (Å²) in [5.41, 5.74) is 4.15. The average molecular weight is 496 g/mol. The summed E-state index contributed by atoms with van der Waals surface area (Å²) >= 11 is 6.18. The summed E-state index contributed by atoms with van der Waals surface area (Å²) in [5, 5.41) is 11.1. The summed E-state index contributed by atoms with van der Waals surface area (Å²) in [5.74, 6) is 0.259. The first-order chi connectivity index (χ1) is 16.5. The zero-order valence-electron chi connectivity index (χ0n) is 21.3. The van der Waals surface area contributed by atoms with E-state index in [9.17, 15) is 9.59 Å². The van der Waals surface area contributed by atoms with Crippen LogP contribution in [0.4, 0.5) is 16.3 Å². The number of nitrogens with zero attached hydrogens (tertiary/aromatic N) is 3. The molecule has 3 rings (SSSR count). The lowest BCUT2D eigenvalue weighted by molar-refractivity contribution is -0.116. The van der Waals surface area contributed by atoms with Gasteiger partial charge in [0.1, 0.15) is 12.4 Å². The molecule has 0 aliphatic carbocycles. The minimum Gasteiger partial charge on any atom is -0.315 e. The molecular formula is C27H34ClN5O2. The first kappa shape index (κ1) is 26.3. The monoisotopic (exact) mass is 495 g/mol. The largest absolute Gasteiger partial charge is 0.322 e. The first-order valence-electron chi connectivity index (χ1n) is 11.8. The lowest BCUT2D eigenvalue weighted by Gasteiger charge is -2.22. The molecule has 8 heteroatoms. The number of rotatable bonds is 7. The summed E-state index contributed by atoms with van der Waals surface area (Å²) in [6, 6.07) is 14.8. The van der Waals surface area contributed by atoms with Gasteiger partial charge in [-0.15, -0.1) is 0 Å². The fourth-order valence-corrected chi connectivity index (χ4v) is 3.65. The summed E-state index contributed by atoms with van der Waals surface area (Å²) in [6.45, 7) is 12.4. The molecule has 35 heavy (non-hydrogen) atoms. The van der Waals surface area contributed by atoms with Gasteiger partial charge in [0.25, 0.3) is 0 Å². The lowest BCUT2D eigenvalue weighted by atomic mass is 9.92. The molecule has 0 radical (unpaired) electrons. The highest BCUT2D eigenvalue weighted by molar-refractivity contribution is 6.31. The normalized spacial score (nSPS) is 11.3. The van der Waals surface area contributed by atoms with Gasteiger partial charge in [-0.05, 0) is 50.1 Å². The van der Waals surface area contributed by atoms with Gasteiger partial charge in [0.05, 0.1) is 11.4 Å². The summed E-state index contributed by atoms with van der Waals surface area (Å²) in [7, 11) is 0. The second-order valence-electron chi connectivity index (χ2n) is 9.78. The average Bonchev–Trinajstić information content (AvgIpc) is 3.20. The van der Waals surface area contributed by atoms with Crippen molar-refractivity contribution >= 4 is 35.0 Å². The van der Waals surface area contributed by atoms with Crippen LogP contribution in [0, 0.1) is 13.8 Å². The molecule has 2 N–H and O–H groups in total. The minimum atomic E-state index is -0.357. The number of hydrogen-bond acceptors (Lipinski definition) is 3. The number of benzene rings is 2. The van der Waals surface area contributed by atoms with E-state index in [0.29, 0.717) is 29.5 Å². The number of carbonyl (C=O) groups excluding carboxylic acids is 2. The Morgan fingerprint density at radius 3 is 2.31 bits per heavy atom. The highest BCUT2D eigenvalue weighted by Crippen LogP contribution is 2.26. The van der Waals surface area contributed by atoms with Crippen molar-refractivity contribution in [2.24, 2.45) is 0 Å². The molecular weight excluding hydrogens is 462 g/mol. The molecule has 3 aromatic rings. The Morgan fingerprint density at radius 1 is 1.03 bits per heavy atom. The molecule has 1 aromatic heterocycles. The maximum atomic E-state index is 13.1. The number of urea groups is 1. The van der Waals surface area contributed by atoms with Crippen LogP contribution < -0.4 is 10.6 Å². The van der Waals surface area contributed by atoms with Crippen LogP contribution in [0.2, 0.25) is 5.02 Å². The second kappa shape index (κ2) is 11.0. The van der Waals surface area contributed by atoms with E-state index < -0.39 is 0 Å². The molecule has 0 fully saturated rings. The SMILES string of the molecule is CCCN(CC(=O)Nc1cc(C(C)(C)C)nn1-c1ccc(C)cc1)C(=O)Nc1ccc(C)c(Cl)c1. The van der Waals surface area contributed by atoms with E-state index in [-0.39, 0.29) is 23.9 Å². The van der Waals surface area contributed by atoms with Crippen LogP contribution in [-0.4, -0.2) is 39.7 Å². The Morgan fingerprint density at radius 2 is 1.71 bits per heavy atom. The Balaban J connectivity index is 1.79. The number of aromatic nitrogens is 2. The molecule has 0 aliphatic heterocycles. The van der Waals surface area contributed by atoms with E-state index in [4.69, 9.17) is 16.7 Å². The molecule has 0 saturated heterocycles. The predicted octanol–water partition coefficient (Wildman–Crippen LogP) is 6.32. The topological polar surface area (TPSA) is 79.3 Å². The minimum absolute atomic E-state index is 0.0941. The van der Waals surface area contributed by atoms with Crippen molar-refractivity contribution in [3.8, 4) is 5.69 Å². The summed E-state index contributed by atoms with van der Waals surface area (Å²) < 4.78 is 1.73. The number of amides is 3. The van der Waals surface area contributed by atoms with E-state index in [0.717, 1.165) is 22.5 Å². The van der Waals surface area contributed by atoms with Gasteiger partial charge in [0.15, 0.2) is 0 Å². The van der Waals surface area contributed by atoms with Crippen molar-refractivity contribution < 1.29 is 9.59 Å². The van der Waals surface area contributed by atoms with E-state index >= 15 is 0 Å². The van der Waals surface area contributed by atoms with Gasteiger partial charge in [-0.2, -0.15) is 5.10 Å². The van der Waals surface area contributed by atoms with Gasteiger partial charge >= 0.3 is 6.03 Å². The first-order valence-corrected chi connectivity index (χ1v) is 12.1. The molecule has 0 aliphatic rings. The maximum absolute atomic E-state index is 13.1. The molecule has 0 spiro atoms. The Hall–Kier alpha value is -3.32. The molecule has 0 bridgehead atoms. The molecule has 0 unspecified atom stereocenters. The standard InChI is InChI=1S/C27H34ClN5O2/c1-7-14-32(26(35)29-20-11-10-19(3)22(28)15-20)17-25(34)30-24-16-23(27(4,5)6)31-33(24)21-12-8-18(2)9-13-21/h8-13,15-16H,7,14,17H2,1-6H3,(H,29,35)(H,30,34). The number of nitrogens with one attached hydrogen (secondary N) is 2. The summed E-state index contributed by atoms with van der Waals surface area (Å²) in [6.07, 6.45) is 0.713. The highest BCUT2D eigenvalue weighted by atomic mass is 35.5. The second-order valence-corrected chi connectivity index (χ2v) is 10.2. The smallest absolute Gasteiger partial charge is 0.315 e. The van der Waals surface area contributed by atoms with Gasteiger partial charge in [-0.1, -0.05) is 63.1 Å². The van der Waals surface area contributed by atoms with Crippen LogP contribution in [0.3, 0.4) is 0 Å². The van der Waals surface area contributed by atoms with Gasteiger partial charge < -0.3 is 15.5 Å². The van der Waals surface area contributed by atoms with E-state index in [1.54, 1.807) is 16.8 Å².